The maximum Gasteiger partial charge on any atom is 0.223 e. The average Bonchev–Trinajstić information content (AvgIpc) is 3.30. The minimum atomic E-state index is 0.182. The van der Waals surface area contributed by atoms with E-state index in [1.165, 1.54) is 4.70 Å². The van der Waals surface area contributed by atoms with Gasteiger partial charge >= 0.3 is 0 Å². The molecule has 0 spiro atoms. The number of carbonyl (C=O) groups is 1. The summed E-state index contributed by atoms with van der Waals surface area (Å²) in [6.07, 6.45) is 7.23. The third kappa shape index (κ3) is 2.94. The van der Waals surface area contributed by atoms with E-state index >= 15 is 0 Å². The van der Waals surface area contributed by atoms with Gasteiger partial charge in [-0.05, 0) is 25.0 Å². The van der Waals surface area contributed by atoms with Crippen LogP contribution in [-0.2, 0) is 18.3 Å². The van der Waals surface area contributed by atoms with Crippen LogP contribution in [0.4, 0.5) is 0 Å². The van der Waals surface area contributed by atoms with Crippen molar-refractivity contribution in [2.24, 2.45) is 7.05 Å². The molecule has 124 valence electrons. The third-order valence-electron chi connectivity index (χ3n) is 4.57. The predicted molar refractivity (Wildman–Crippen MR) is 94.8 cm³/mol. The highest BCUT2D eigenvalue weighted by molar-refractivity contribution is 7.18. The molecule has 1 fully saturated rings. The molecule has 0 saturated carbocycles. The Kier molecular flexibility index (Phi) is 4.06. The monoisotopic (exact) mass is 340 g/mol. The Hall–Kier alpha value is -2.21. The molecule has 5 nitrogen and oxygen atoms in total. The molecule has 1 amide bonds. The SMILES string of the molecule is Cn1cc(C2CCCN2C(=O)CCc2nc3ccccc3s2)cn1. The molecule has 1 unspecified atom stereocenters. The van der Waals surface area contributed by atoms with E-state index < -0.39 is 0 Å². The zero-order valence-corrected chi connectivity index (χ0v) is 14.5. The number of aryl methyl sites for hydroxylation is 2. The molecular formula is C18H20N4OS. The number of rotatable bonds is 4. The lowest BCUT2D eigenvalue weighted by atomic mass is 10.1. The summed E-state index contributed by atoms with van der Waals surface area (Å²) in [6, 6.07) is 8.31. The Morgan fingerprint density at radius 3 is 3.04 bits per heavy atom. The first-order valence-electron chi connectivity index (χ1n) is 8.33. The standard InChI is InChI=1S/C18H20N4OS/c1-21-12-13(11-19-21)15-6-4-10-22(15)18(23)9-8-17-20-14-5-2-3-7-16(14)24-17/h2-3,5,7,11-12,15H,4,6,8-10H2,1H3. The number of para-hydroxylation sites is 1. The summed E-state index contributed by atoms with van der Waals surface area (Å²) in [5.41, 5.74) is 2.17. The lowest BCUT2D eigenvalue weighted by molar-refractivity contribution is -0.132. The molecule has 4 rings (SSSR count). The number of nitrogens with zero attached hydrogens (tertiary/aromatic N) is 4. The van der Waals surface area contributed by atoms with Crippen LogP contribution in [0, 0.1) is 0 Å². The molecule has 0 aliphatic carbocycles. The van der Waals surface area contributed by atoms with Crippen LogP contribution in [0.3, 0.4) is 0 Å². The molecule has 0 N–H and O–H groups in total. The van der Waals surface area contributed by atoms with Crippen molar-refractivity contribution in [1.82, 2.24) is 19.7 Å². The number of hydrogen-bond acceptors (Lipinski definition) is 4. The van der Waals surface area contributed by atoms with Crippen molar-refractivity contribution in [2.45, 2.75) is 31.7 Å². The Labute approximate surface area is 144 Å². The smallest absolute Gasteiger partial charge is 0.223 e. The van der Waals surface area contributed by atoms with E-state index in [-0.39, 0.29) is 11.9 Å². The van der Waals surface area contributed by atoms with Gasteiger partial charge in [-0.15, -0.1) is 11.3 Å². The highest BCUT2D eigenvalue weighted by Crippen LogP contribution is 2.32. The van der Waals surface area contributed by atoms with Gasteiger partial charge in [0, 0.05) is 38.2 Å². The summed E-state index contributed by atoms with van der Waals surface area (Å²) in [6.45, 7) is 0.845. The minimum Gasteiger partial charge on any atom is -0.336 e. The molecule has 3 heterocycles. The number of benzene rings is 1. The highest BCUT2D eigenvalue weighted by atomic mass is 32.1. The van der Waals surface area contributed by atoms with Crippen molar-refractivity contribution >= 4 is 27.5 Å². The maximum atomic E-state index is 12.7. The largest absolute Gasteiger partial charge is 0.336 e. The molecule has 2 aromatic heterocycles. The molecule has 3 aromatic rings. The fourth-order valence-electron chi connectivity index (χ4n) is 3.41. The number of amides is 1. The van der Waals surface area contributed by atoms with Gasteiger partial charge in [0.2, 0.25) is 5.91 Å². The number of carbonyl (C=O) groups excluding carboxylic acids is 1. The first-order chi connectivity index (χ1) is 11.7. The highest BCUT2D eigenvalue weighted by Gasteiger charge is 2.30. The van der Waals surface area contributed by atoms with E-state index in [4.69, 9.17) is 0 Å². The van der Waals surface area contributed by atoms with Gasteiger partial charge in [0.05, 0.1) is 27.5 Å². The van der Waals surface area contributed by atoms with Crippen molar-refractivity contribution < 1.29 is 4.79 Å². The third-order valence-corrected chi connectivity index (χ3v) is 5.67. The second kappa shape index (κ2) is 6.36. The quantitative estimate of drug-likeness (QED) is 0.732. The van der Waals surface area contributed by atoms with Crippen molar-refractivity contribution in [2.75, 3.05) is 6.54 Å². The second-order valence-corrected chi connectivity index (χ2v) is 7.38. The Morgan fingerprint density at radius 2 is 2.25 bits per heavy atom. The van der Waals surface area contributed by atoms with Crippen LogP contribution >= 0.6 is 11.3 Å². The lowest BCUT2D eigenvalue weighted by Crippen LogP contribution is -2.30. The average molecular weight is 340 g/mol. The number of hydrogen-bond donors (Lipinski definition) is 0. The van der Waals surface area contributed by atoms with Gasteiger partial charge in [-0.25, -0.2) is 4.98 Å². The number of fused-ring (bicyclic) bond motifs is 1. The molecule has 1 aliphatic rings. The van der Waals surface area contributed by atoms with Crippen LogP contribution in [0.2, 0.25) is 0 Å². The Morgan fingerprint density at radius 1 is 1.38 bits per heavy atom. The Balaban J connectivity index is 1.43. The summed E-state index contributed by atoms with van der Waals surface area (Å²) in [4.78, 5) is 19.3. The number of aromatic nitrogens is 3. The summed E-state index contributed by atoms with van der Waals surface area (Å²) < 4.78 is 2.99. The first kappa shape index (κ1) is 15.3. The topological polar surface area (TPSA) is 51.0 Å². The van der Waals surface area contributed by atoms with Crippen molar-refractivity contribution in [3.05, 3.63) is 47.2 Å². The maximum absolute atomic E-state index is 12.7. The van der Waals surface area contributed by atoms with E-state index in [9.17, 15) is 4.79 Å². The minimum absolute atomic E-state index is 0.182. The van der Waals surface area contributed by atoms with Crippen LogP contribution in [0.25, 0.3) is 10.2 Å². The van der Waals surface area contributed by atoms with Gasteiger partial charge in [-0.3, -0.25) is 9.48 Å². The summed E-state index contributed by atoms with van der Waals surface area (Å²) in [5, 5.41) is 5.29. The lowest BCUT2D eigenvalue weighted by Gasteiger charge is -2.23. The zero-order valence-electron chi connectivity index (χ0n) is 13.7. The van der Waals surface area contributed by atoms with Crippen molar-refractivity contribution in [1.29, 1.82) is 0 Å². The van der Waals surface area contributed by atoms with Crippen LogP contribution in [-0.4, -0.2) is 32.1 Å². The number of thiazole rings is 1. The van der Waals surface area contributed by atoms with E-state index in [1.807, 2.05) is 42.5 Å². The molecule has 1 saturated heterocycles. The molecule has 24 heavy (non-hydrogen) atoms. The fourth-order valence-corrected chi connectivity index (χ4v) is 4.38. The Bertz CT molecular complexity index is 836. The summed E-state index contributed by atoms with van der Waals surface area (Å²) >= 11 is 1.69. The van der Waals surface area contributed by atoms with Gasteiger partial charge in [-0.1, -0.05) is 12.1 Å². The fraction of sp³-hybridized carbons (Fsp3) is 0.389. The van der Waals surface area contributed by atoms with Crippen LogP contribution in [0.15, 0.2) is 36.7 Å². The zero-order chi connectivity index (χ0) is 16.5. The van der Waals surface area contributed by atoms with Gasteiger partial charge < -0.3 is 4.90 Å². The van der Waals surface area contributed by atoms with Crippen LogP contribution in [0.1, 0.15) is 35.9 Å². The van der Waals surface area contributed by atoms with Gasteiger partial charge in [0.25, 0.3) is 0 Å². The van der Waals surface area contributed by atoms with Crippen LogP contribution < -0.4 is 0 Å². The summed E-state index contributed by atoms with van der Waals surface area (Å²) in [5.74, 6) is 0.223. The van der Waals surface area contributed by atoms with E-state index in [2.05, 4.69) is 16.1 Å². The van der Waals surface area contributed by atoms with Gasteiger partial charge in [-0.2, -0.15) is 5.10 Å². The normalized spacial score (nSPS) is 17.7. The second-order valence-electron chi connectivity index (χ2n) is 6.27. The summed E-state index contributed by atoms with van der Waals surface area (Å²) in [7, 11) is 1.91. The molecule has 6 heteroatoms. The van der Waals surface area contributed by atoms with Gasteiger partial charge in [0.1, 0.15) is 0 Å². The van der Waals surface area contributed by atoms with E-state index in [0.717, 1.165) is 35.5 Å². The first-order valence-corrected chi connectivity index (χ1v) is 9.15. The molecule has 0 bridgehead atoms. The predicted octanol–water partition coefficient (Wildman–Crippen LogP) is 3.33. The molecule has 0 radical (unpaired) electrons. The van der Waals surface area contributed by atoms with Crippen LogP contribution in [0.5, 0.6) is 0 Å². The van der Waals surface area contributed by atoms with Gasteiger partial charge in [0.15, 0.2) is 0 Å². The van der Waals surface area contributed by atoms with Crippen molar-refractivity contribution in [3.63, 3.8) is 0 Å². The molecule has 1 atom stereocenters. The molecular weight excluding hydrogens is 320 g/mol. The number of likely N-dealkylation sites (tertiary alicyclic amines) is 1. The molecule has 1 aromatic carbocycles. The van der Waals surface area contributed by atoms with E-state index in [1.54, 1.807) is 16.0 Å². The van der Waals surface area contributed by atoms with E-state index in [0.29, 0.717) is 12.8 Å². The van der Waals surface area contributed by atoms with Crippen molar-refractivity contribution in [3.8, 4) is 0 Å². The molecule has 1 aliphatic heterocycles.